The van der Waals surface area contributed by atoms with Crippen molar-refractivity contribution in [3.05, 3.63) is 35.9 Å². The predicted octanol–water partition coefficient (Wildman–Crippen LogP) is 5.69. The van der Waals surface area contributed by atoms with E-state index in [0.717, 1.165) is 5.56 Å². The molecule has 0 saturated carbocycles. The summed E-state index contributed by atoms with van der Waals surface area (Å²) in [5.41, 5.74) is 2.64. The molecule has 3 heteroatoms. The van der Waals surface area contributed by atoms with Crippen LogP contribution in [0.25, 0.3) is 0 Å². The maximum Gasteiger partial charge on any atom is 0.201 e. The van der Waals surface area contributed by atoms with Crippen molar-refractivity contribution in [3.8, 4) is 0 Å². The summed E-state index contributed by atoms with van der Waals surface area (Å²) >= 11 is 0. The Hall–Kier alpha value is -0.643. The van der Waals surface area contributed by atoms with Crippen LogP contribution < -0.4 is 0 Å². The molecule has 1 aromatic carbocycles. The lowest BCUT2D eigenvalue weighted by molar-refractivity contribution is 0.0218. The van der Waals surface area contributed by atoms with E-state index in [1.54, 1.807) is 0 Å². The van der Waals surface area contributed by atoms with Gasteiger partial charge in [0.1, 0.15) is 0 Å². The molecule has 1 aromatic rings. The van der Waals surface area contributed by atoms with Gasteiger partial charge in [-0.2, -0.15) is 0 Å². The van der Waals surface area contributed by atoms with Crippen LogP contribution in [-0.4, -0.2) is 19.5 Å². The van der Waals surface area contributed by atoms with Gasteiger partial charge in [0.05, 0.1) is 12.2 Å². The van der Waals surface area contributed by atoms with Gasteiger partial charge in [-0.05, 0) is 28.6 Å². The molecule has 2 nitrogen and oxygen atoms in total. The first-order chi connectivity index (χ1) is 10.3. The van der Waals surface area contributed by atoms with Crippen molar-refractivity contribution in [2.45, 2.75) is 83.7 Å². The van der Waals surface area contributed by atoms with E-state index < -0.39 is 14.4 Å². The maximum absolute atomic E-state index is 10.6. The van der Waals surface area contributed by atoms with Gasteiger partial charge in [-0.15, -0.1) is 0 Å². The van der Waals surface area contributed by atoms with Crippen LogP contribution in [0.15, 0.2) is 30.3 Å². The van der Waals surface area contributed by atoms with E-state index in [2.05, 4.69) is 53.7 Å². The van der Waals surface area contributed by atoms with Crippen LogP contribution in [-0.2, 0) is 4.43 Å². The lowest BCUT2D eigenvalue weighted by Gasteiger charge is -2.45. The molecule has 2 atom stereocenters. The van der Waals surface area contributed by atoms with E-state index in [-0.39, 0.29) is 6.10 Å². The molecule has 0 amide bonds. The van der Waals surface area contributed by atoms with Crippen LogP contribution in [0.4, 0.5) is 0 Å². The smallest absolute Gasteiger partial charge is 0.201 e. The molecule has 0 aromatic heterocycles. The Morgan fingerprint density at radius 1 is 0.909 bits per heavy atom. The number of hydrogen-bond donors (Lipinski definition) is 1. The zero-order valence-electron chi connectivity index (χ0n) is 15.3. The number of aliphatic hydroxyl groups excluding tert-OH is 1. The lowest BCUT2D eigenvalue weighted by atomic mass is 10.0. The van der Waals surface area contributed by atoms with E-state index in [1.807, 2.05) is 25.1 Å². The minimum absolute atomic E-state index is 0.218. The molecule has 22 heavy (non-hydrogen) atoms. The van der Waals surface area contributed by atoms with Crippen LogP contribution in [0, 0.1) is 0 Å². The van der Waals surface area contributed by atoms with E-state index in [1.165, 1.54) is 0 Å². The number of aliphatic hydroxyl groups is 1. The van der Waals surface area contributed by atoms with Gasteiger partial charge in [-0.3, -0.25) is 0 Å². The van der Waals surface area contributed by atoms with Crippen LogP contribution in [0.1, 0.15) is 66.6 Å². The Balaban J connectivity index is 3.25. The normalized spacial score (nSPS) is 15.6. The van der Waals surface area contributed by atoms with Gasteiger partial charge in [0.15, 0.2) is 0 Å². The second kappa shape index (κ2) is 8.28. The molecular weight excluding hydrogens is 288 g/mol. The summed E-state index contributed by atoms with van der Waals surface area (Å²) in [6.07, 6.45) is 0.0359. The quantitative estimate of drug-likeness (QED) is 0.623. The fourth-order valence-electron chi connectivity index (χ4n) is 3.85. The van der Waals surface area contributed by atoms with Gasteiger partial charge in [-0.25, -0.2) is 0 Å². The van der Waals surface area contributed by atoms with E-state index in [0.29, 0.717) is 23.0 Å². The van der Waals surface area contributed by atoms with Gasteiger partial charge in [0, 0.05) is 0 Å². The highest BCUT2D eigenvalue weighted by atomic mass is 28.4. The highest BCUT2D eigenvalue weighted by molar-refractivity contribution is 6.77. The molecule has 1 rings (SSSR count). The van der Waals surface area contributed by atoms with Crippen LogP contribution >= 0.6 is 0 Å². The number of rotatable bonds is 8. The van der Waals surface area contributed by atoms with Crippen molar-refractivity contribution in [2.75, 3.05) is 0 Å². The van der Waals surface area contributed by atoms with E-state index in [4.69, 9.17) is 4.43 Å². The zero-order chi connectivity index (χ0) is 16.9. The first kappa shape index (κ1) is 19.4. The molecule has 126 valence electrons. The Morgan fingerprint density at radius 2 is 1.36 bits per heavy atom. The molecule has 0 saturated heterocycles. The number of hydrogen-bond acceptors (Lipinski definition) is 2. The standard InChI is InChI=1S/C19H34O2Si/c1-8-18(20)19(17-12-10-9-11-13-17)21-22(14(2)3,15(4)5)16(6)7/h9-16,18-20H,8H2,1-7H3/t18-,19+/m0/s1. The molecule has 0 aliphatic rings. The highest BCUT2D eigenvalue weighted by Gasteiger charge is 2.47. The first-order valence-corrected chi connectivity index (χ1v) is 10.8. The molecule has 0 heterocycles. The minimum atomic E-state index is -2.01. The molecule has 0 radical (unpaired) electrons. The third-order valence-electron chi connectivity index (χ3n) is 4.93. The average molecular weight is 323 g/mol. The van der Waals surface area contributed by atoms with Gasteiger partial charge >= 0.3 is 0 Å². The Morgan fingerprint density at radius 3 is 1.73 bits per heavy atom. The molecule has 0 aliphatic heterocycles. The SMILES string of the molecule is CC[C@H](O)[C@H](O[Si](C(C)C)(C(C)C)C(C)C)c1ccccc1. The van der Waals surface area contributed by atoms with Gasteiger partial charge in [-0.1, -0.05) is 78.8 Å². The summed E-state index contributed by atoms with van der Waals surface area (Å²) in [5, 5.41) is 10.6. The first-order valence-electron chi connectivity index (χ1n) is 8.68. The predicted molar refractivity (Wildman–Crippen MR) is 97.6 cm³/mol. The summed E-state index contributed by atoms with van der Waals surface area (Å²) in [6, 6.07) is 10.2. The molecule has 0 fully saturated rings. The molecule has 0 bridgehead atoms. The summed E-state index contributed by atoms with van der Waals surface area (Å²) in [5.74, 6) is 0. The molecule has 0 unspecified atom stereocenters. The second-order valence-corrected chi connectivity index (χ2v) is 12.6. The Labute approximate surface area is 138 Å². The average Bonchev–Trinajstić information content (AvgIpc) is 2.47. The van der Waals surface area contributed by atoms with Gasteiger partial charge in [0.25, 0.3) is 0 Å². The third kappa shape index (κ3) is 4.00. The number of benzene rings is 1. The van der Waals surface area contributed by atoms with Gasteiger partial charge in [0.2, 0.25) is 8.32 Å². The summed E-state index contributed by atoms with van der Waals surface area (Å²) in [6.45, 7) is 15.7. The highest BCUT2D eigenvalue weighted by Crippen LogP contribution is 2.45. The van der Waals surface area contributed by atoms with Crippen LogP contribution in [0.5, 0.6) is 0 Å². The van der Waals surface area contributed by atoms with Crippen LogP contribution in [0.3, 0.4) is 0 Å². The maximum atomic E-state index is 10.6. The van der Waals surface area contributed by atoms with E-state index in [9.17, 15) is 5.11 Å². The Kier molecular flexibility index (Phi) is 7.30. The van der Waals surface area contributed by atoms with E-state index >= 15 is 0 Å². The summed E-state index contributed by atoms with van der Waals surface area (Å²) < 4.78 is 6.85. The lowest BCUT2D eigenvalue weighted by Crippen LogP contribution is -2.50. The molecule has 1 N–H and O–H groups in total. The van der Waals surface area contributed by atoms with Crippen molar-refractivity contribution in [3.63, 3.8) is 0 Å². The monoisotopic (exact) mass is 322 g/mol. The van der Waals surface area contributed by atoms with Crippen LogP contribution in [0.2, 0.25) is 16.6 Å². The third-order valence-corrected chi connectivity index (χ3v) is 11.0. The molecule has 0 spiro atoms. The van der Waals surface area contributed by atoms with Crippen molar-refractivity contribution in [1.82, 2.24) is 0 Å². The fourth-order valence-corrected chi connectivity index (χ4v) is 9.40. The second-order valence-electron chi connectivity index (χ2n) is 7.24. The molecule has 0 aliphatic carbocycles. The van der Waals surface area contributed by atoms with Crippen molar-refractivity contribution in [1.29, 1.82) is 0 Å². The summed E-state index contributed by atoms with van der Waals surface area (Å²) in [4.78, 5) is 0. The van der Waals surface area contributed by atoms with Crippen molar-refractivity contribution < 1.29 is 9.53 Å². The summed E-state index contributed by atoms with van der Waals surface area (Å²) in [7, 11) is -2.01. The Bertz CT molecular complexity index is 407. The largest absolute Gasteiger partial charge is 0.406 e. The zero-order valence-corrected chi connectivity index (χ0v) is 16.3. The fraction of sp³-hybridized carbons (Fsp3) is 0.684. The topological polar surface area (TPSA) is 29.5 Å². The minimum Gasteiger partial charge on any atom is -0.406 e. The molecular formula is C19H34O2Si. The van der Waals surface area contributed by atoms with Gasteiger partial charge < -0.3 is 9.53 Å². The van der Waals surface area contributed by atoms with Crippen molar-refractivity contribution in [2.24, 2.45) is 0 Å². The van der Waals surface area contributed by atoms with Crippen molar-refractivity contribution >= 4 is 8.32 Å².